The average molecular weight is 416 g/mol. The largest absolute Gasteiger partial charge is 0.360 e. The molecule has 0 saturated heterocycles. The molecule has 10 heteroatoms. The molecule has 0 fully saturated rings. The lowest BCUT2D eigenvalue weighted by Gasteiger charge is -2.11. The molecule has 0 atom stereocenters. The molecule has 0 radical (unpaired) electrons. The fraction of sp³-hybridized carbons (Fsp3) is 0.0556. The van der Waals surface area contributed by atoms with Crippen molar-refractivity contribution < 1.29 is 14.1 Å². The lowest BCUT2D eigenvalue weighted by Crippen LogP contribution is -2.48. The molecule has 1 aromatic carbocycles. The number of carbonyl (C=O) groups excluding carboxylic acids is 2. The Hall–Kier alpha value is -3.30. The summed E-state index contributed by atoms with van der Waals surface area (Å²) in [4.78, 5) is 28.4. The zero-order chi connectivity index (χ0) is 20.1. The number of benzene rings is 1. The van der Waals surface area contributed by atoms with Crippen molar-refractivity contribution in [3.8, 4) is 11.3 Å². The smallest absolute Gasteiger partial charge is 0.271 e. The number of nitrogens with one attached hydrogen (secondary N) is 3. The predicted octanol–water partition coefficient (Wildman–Crippen LogP) is 2.65. The molecular formula is C18H14ClN5O3S. The molecule has 3 rings (SSSR count). The van der Waals surface area contributed by atoms with Crippen LogP contribution in [-0.2, 0) is 0 Å². The fourth-order valence-electron chi connectivity index (χ4n) is 2.33. The number of nitrogens with zero attached hydrogens (tertiary/aromatic N) is 2. The molecular weight excluding hydrogens is 402 g/mol. The zero-order valence-electron chi connectivity index (χ0n) is 14.5. The van der Waals surface area contributed by atoms with Crippen LogP contribution in [0.3, 0.4) is 0 Å². The van der Waals surface area contributed by atoms with Crippen molar-refractivity contribution in [3.05, 3.63) is 70.7 Å². The van der Waals surface area contributed by atoms with Gasteiger partial charge in [0.1, 0.15) is 22.2 Å². The maximum atomic E-state index is 12.6. The predicted molar refractivity (Wildman–Crippen MR) is 107 cm³/mol. The highest BCUT2D eigenvalue weighted by atomic mass is 35.5. The summed E-state index contributed by atoms with van der Waals surface area (Å²) in [5.74, 6) is -0.667. The van der Waals surface area contributed by atoms with Crippen molar-refractivity contribution in [1.82, 2.24) is 26.3 Å². The Morgan fingerprint density at radius 3 is 2.50 bits per heavy atom. The quantitative estimate of drug-likeness (QED) is 0.342. The van der Waals surface area contributed by atoms with Gasteiger partial charge in [0, 0.05) is 11.8 Å². The van der Waals surface area contributed by atoms with E-state index in [0.29, 0.717) is 11.5 Å². The van der Waals surface area contributed by atoms with Gasteiger partial charge in [-0.2, -0.15) is 0 Å². The second-order valence-electron chi connectivity index (χ2n) is 5.56. The highest BCUT2D eigenvalue weighted by molar-refractivity contribution is 7.80. The van der Waals surface area contributed by atoms with Crippen LogP contribution in [0.5, 0.6) is 0 Å². The topological polar surface area (TPSA) is 109 Å². The van der Waals surface area contributed by atoms with Crippen LogP contribution in [-0.4, -0.2) is 27.1 Å². The van der Waals surface area contributed by atoms with Crippen molar-refractivity contribution in [2.45, 2.75) is 6.92 Å². The van der Waals surface area contributed by atoms with E-state index in [9.17, 15) is 9.59 Å². The van der Waals surface area contributed by atoms with E-state index in [2.05, 4.69) is 26.3 Å². The zero-order valence-corrected chi connectivity index (χ0v) is 16.1. The minimum Gasteiger partial charge on any atom is -0.360 e. The molecule has 3 aromatic rings. The van der Waals surface area contributed by atoms with Crippen molar-refractivity contribution in [2.75, 3.05) is 0 Å². The van der Waals surface area contributed by atoms with Crippen molar-refractivity contribution in [3.63, 3.8) is 0 Å². The van der Waals surface area contributed by atoms with Gasteiger partial charge in [0.25, 0.3) is 11.8 Å². The molecule has 8 nitrogen and oxygen atoms in total. The van der Waals surface area contributed by atoms with Gasteiger partial charge in [0.15, 0.2) is 5.11 Å². The number of thiocarbonyl (C=S) groups is 1. The molecule has 2 aromatic heterocycles. The Labute approximate surface area is 170 Å². The Morgan fingerprint density at radius 1 is 1.07 bits per heavy atom. The second-order valence-corrected chi connectivity index (χ2v) is 6.36. The van der Waals surface area contributed by atoms with Crippen molar-refractivity contribution in [2.24, 2.45) is 0 Å². The first-order valence-corrected chi connectivity index (χ1v) is 8.79. The van der Waals surface area contributed by atoms with Crippen LogP contribution in [0, 0.1) is 6.92 Å². The summed E-state index contributed by atoms with van der Waals surface area (Å²) in [6, 6.07) is 12.1. The summed E-state index contributed by atoms with van der Waals surface area (Å²) >= 11 is 10.7. The molecule has 0 spiro atoms. The van der Waals surface area contributed by atoms with Gasteiger partial charge in [-0.3, -0.25) is 25.8 Å². The summed E-state index contributed by atoms with van der Waals surface area (Å²) < 4.78 is 5.16. The monoisotopic (exact) mass is 415 g/mol. The van der Waals surface area contributed by atoms with Crippen molar-refractivity contribution in [1.29, 1.82) is 0 Å². The molecule has 2 amide bonds. The van der Waals surface area contributed by atoms with E-state index in [0.717, 1.165) is 5.56 Å². The van der Waals surface area contributed by atoms with Crippen LogP contribution < -0.4 is 16.2 Å². The molecule has 0 bridgehead atoms. The molecule has 0 unspecified atom stereocenters. The van der Waals surface area contributed by atoms with Gasteiger partial charge >= 0.3 is 0 Å². The summed E-state index contributed by atoms with van der Waals surface area (Å²) in [5.41, 5.74) is 6.47. The van der Waals surface area contributed by atoms with E-state index in [1.165, 1.54) is 18.3 Å². The summed E-state index contributed by atoms with van der Waals surface area (Å²) in [6.07, 6.45) is 1.31. The number of amides is 2. The van der Waals surface area contributed by atoms with Crippen LogP contribution in [0.4, 0.5) is 0 Å². The first-order valence-electron chi connectivity index (χ1n) is 8.00. The van der Waals surface area contributed by atoms with Crippen LogP contribution in [0.2, 0.25) is 5.15 Å². The summed E-state index contributed by atoms with van der Waals surface area (Å²) in [7, 11) is 0. The number of pyridine rings is 1. The first-order chi connectivity index (χ1) is 13.5. The van der Waals surface area contributed by atoms with Gasteiger partial charge in [0.05, 0.1) is 5.56 Å². The third kappa shape index (κ3) is 4.51. The number of aryl methyl sites for hydroxylation is 1. The summed E-state index contributed by atoms with van der Waals surface area (Å²) in [6.45, 7) is 1.63. The van der Waals surface area contributed by atoms with E-state index in [1.54, 1.807) is 6.92 Å². The molecule has 28 heavy (non-hydrogen) atoms. The van der Waals surface area contributed by atoms with Gasteiger partial charge in [0.2, 0.25) is 0 Å². The molecule has 0 aliphatic carbocycles. The standard InChI is InChI=1S/C18H14ClN5O3S/c1-10-14(15(24-27-10)11-5-3-2-4-6-11)17(26)21-18(28)23-22-16(25)12-7-8-13(19)20-9-12/h2-9H,1H3,(H,22,25)(H2,21,23,26,28). The number of hydrogen-bond donors (Lipinski definition) is 3. The number of rotatable bonds is 3. The van der Waals surface area contributed by atoms with E-state index in [-0.39, 0.29) is 21.4 Å². The Balaban J connectivity index is 1.64. The van der Waals surface area contributed by atoms with Crippen LogP contribution in [0.25, 0.3) is 11.3 Å². The van der Waals surface area contributed by atoms with Crippen LogP contribution in [0.1, 0.15) is 26.5 Å². The number of hydrogen-bond acceptors (Lipinski definition) is 6. The second kappa shape index (κ2) is 8.59. The third-order valence-electron chi connectivity index (χ3n) is 3.64. The fourth-order valence-corrected chi connectivity index (χ4v) is 2.58. The summed E-state index contributed by atoms with van der Waals surface area (Å²) in [5, 5.41) is 6.60. The lowest BCUT2D eigenvalue weighted by molar-refractivity contribution is 0.0934. The minimum atomic E-state index is -0.516. The van der Waals surface area contributed by atoms with Crippen LogP contribution in [0.15, 0.2) is 53.2 Å². The molecule has 3 N–H and O–H groups in total. The normalized spacial score (nSPS) is 10.2. The highest BCUT2D eigenvalue weighted by Gasteiger charge is 2.22. The Bertz CT molecular complexity index is 1020. The molecule has 142 valence electrons. The molecule has 2 heterocycles. The maximum absolute atomic E-state index is 12.6. The molecule has 0 saturated carbocycles. The molecule has 0 aliphatic rings. The van der Waals surface area contributed by atoms with Crippen LogP contribution >= 0.6 is 23.8 Å². The SMILES string of the molecule is Cc1onc(-c2ccccc2)c1C(=O)NC(=S)NNC(=O)c1ccc(Cl)nc1. The first kappa shape index (κ1) is 19.5. The highest BCUT2D eigenvalue weighted by Crippen LogP contribution is 2.24. The number of hydrazine groups is 1. The van der Waals surface area contributed by atoms with E-state index in [4.69, 9.17) is 28.3 Å². The van der Waals surface area contributed by atoms with E-state index >= 15 is 0 Å². The number of halogens is 1. The van der Waals surface area contributed by atoms with Gasteiger partial charge < -0.3 is 4.52 Å². The maximum Gasteiger partial charge on any atom is 0.271 e. The number of carbonyl (C=O) groups is 2. The van der Waals surface area contributed by atoms with Gasteiger partial charge in [-0.1, -0.05) is 47.1 Å². The van der Waals surface area contributed by atoms with Gasteiger partial charge in [-0.25, -0.2) is 4.98 Å². The number of aromatic nitrogens is 2. The van der Waals surface area contributed by atoms with Gasteiger partial charge in [-0.05, 0) is 31.3 Å². The third-order valence-corrected chi connectivity index (χ3v) is 4.07. The Kier molecular flexibility index (Phi) is 5.97. The van der Waals surface area contributed by atoms with E-state index < -0.39 is 11.8 Å². The van der Waals surface area contributed by atoms with E-state index in [1.807, 2.05) is 30.3 Å². The van der Waals surface area contributed by atoms with Gasteiger partial charge in [-0.15, -0.1) is 0 Å². The average Bonchev–Trinajstić information content (AvgIpc) is 3.09. The molecule has 0 aliphatic heterocycles. The van der Waals surface area contributed by atoms with Crippen molar-refractivity contribution >= 4 is 40.7 Å². The Morgan fingerprint density at radius 2 is 1.82 bits per heavy atom. The lowest BCUT2D eigenvalue weighted by atomic mass is 10.1. The minimum absolute atomic E-state index is 0.0973.